The molecular weight excluding hydrogens is 712 g/mol. The molecular formula is C37H31FIrN2Si-2. The Morgan fingerprint density at radius 2 is 1.19 bits per heavy atom. The number of pyridine rings is 2. The van der Waals surface area contributed by atoms with Crippen LogP contribution >= 0.6 is 0 Å². The first-order valence-corrected chi connectivity index (χ1v) is 17.1. The summed E-state index contributed by atoms with van der Waals surface area (Å²) in [4.78, 5) is 8.63. The van der Waals surface area contributed by atoms with E-state index >= 15 is 0 Å². The fraction of sp³-hybridized carbons (Fsp3) is 0.0811. The normalized spacial score (nSPS) is 10.7. The fourth-order valence-corrected chi connectivity index (χ4v) is 5.58. The molecule has 2 nitrogen and oxygen atoms in total. The Hall–Kier alpha value is -4.02. The summed E-state index contributed by atoms with van der Waals surface area (Å²) in [7, 11) is -1.25. The Bertz CT molecular complexity index is 1680. The Kier molecular flexibility index (Phi) is 10.5. The average molecular weight is 743 g/mol. The summed E-state index contributed by atoms with van der Waals surface area (Å²) in [6.45, 7) is 7.15. The minimum absolute atomic E-state index is 0. The van der Waals surface area contributed by atoms with Crippen molar-refractivity contribution in [2.45, 2.75) is 19.6 Å². The van der Waals surface area contributed by atoms with Crippen LogP contribution in [0.1, 0.15) is 0 Å². The minimum Gasteiger partial charge on any atom is -0.305 e. The maximum Gasteiger partial charge on any atom is 0.0775 e. The molecule has 2 aromatic heterocycles. The largest absolute Gasteiger partial charge is 0.305 e. The van der Waals surface area contributed by atoms with Crippen molar-refractivity contribution in [2.75, 3.05) is 0 Å². The van der Waals surface area contributed by atoms with Gasteiger partial charge in [0.05, 0.1) is 8.07 Å². The topological polar surface area (TPSA) is 25.8 Å². The first-order valence-electron chi connectivity index (χ1n) is 13.6. The van der Waals surface area contributed by atoms with Crippen molar-refractivity contribution >= 4 is 13.3 Å². The Morgan fingerprint density at radius 1 is 0.571 bits per heavy atom. The number of rotatable bonds is 5. The van der Waals surface area contributed by atoms with E-state index in [0.29, 0.717) is 0 Å². The van der Waals surface area contributed by atoms with Gasteiger partial charge in [-0.25, -0.2) is 0 Å². The Morgan fingerprint density at radius 3 is 1.76 bits per heavy atom. The first kappa shape index (κ1) is 30.9. The molecule has 5 heteroatoms. The van der Waals surface area contributed by atoms with E-state index in [0.717, 1.165) is 22.5 Å². The molecule has 6 rings (SSSR count). The summed E-state index contributed by atoms with van der Waals surface area (Å²) in [5.41, 5.74) is 8.46. The van der Waals surface area contributed by atoms with E-state index in [1.165, 1.54) is 39.6 Å². The van der Waals surface area contributed by atoms with Gasteiger partial charge < -0.3 is 9.97 Å². The van der Waals surface area contributed by atoms with Gasteiger partial charge in [-0.2, -0.15) is 0 Å². The van der Waals surface area contributed by atoms with Crippen molar-refractivity contribution in [3.63, 3.8) is 0 Å². The molecule has 42 heavy (non-hydrogen) atoms. The predicted octanol–water partition coefficient (Wildman–Crippen LogP) is 9.11. The average Bonchev–Trinajstić information content (AvgIpc) is 3.02. The number of hydrogen-bond donors (Lipinski definition) is 0. The van der Waals surface area contributed by atoms with Gasteiger partial charge in [-0.3, -0.25) is 4.39 Å². The van der Waals surface area contributed by atoms with E-state index in [9.17, 15) is 4.39 Å². The van der Waals surface area contributed by atoms with Crippen LogP contribution in [0, 0.1) is 17.9 Å². The smallest absolute Gasteiger partial charge is 0.0775 e. The van der Waals surface area contributed by atoms with Gasteiger partial charge in [0.25, 0.3) is 0 Å². The second kappa shape index (κ2) is 14.2. The molecule has 0 bridgehead atoms. The molecule has 0 saturated heterocycles. The quantitative estimate of drug-likeness (QED) is 0.130. The van der Waals surface area contributed by atoms with Crippen LogP contribution in [0.25, 0.3) is 44.8 Å². The number of nitrogens with zero attached hydrogens (tertiary/aromatic N) is 2. The van der Waals surface area contributed by atoms with E-state index in [2.05, 4.69) is 102 Å². The molecule has 0 aliphatic carbocycles. The molecule has 0 aliphatic heterocycles. The molecule has 6 aromatic rings. The molecule has 0 N–H and O–H groups in total. The maximum atomic E-state index is 12.6. The zero-order chi connectivity index (χ0) is 28.7. The second-order valence-corrected chi connectivity index (χ2v) is 15.8. The third kappa shape index (κ3) is 8.04. The fourth-order valence-electron chi connectivity index (χ4n) is 4.42. The number of aromatic nitrogens is 2. The molecule has 0 amide bonds. The molecule has 4 aromatic carbocycles. The summed E-state index contributed by atoms with van der Waals surface area (Å²) >= 11 is 0. The summed E-state index contributed by atoms with van der Waals surface area (Å²) < 4.78 is 12.6. The SMILES string of the molecule is C[Si](C)(C)c1ccc(-c2ccc(-c3ccnc(-c4[c-]cccc4)c3)cc2)cc1.Fc1c[c-]c(-c2ccccn2)cc1.[Ir]. The van der Waals surface area contributed by atoms with Gasteiger partial charge in [0.15, 0.2) is 0 Å². The van der Waals surface area contributed by atoms with Crippen molar-refractivity contribution in [1.82, 2.24) is 9.97 Å². The van der Waals surface area contributed by atoms with Gasteiger partial charge in [0, 0.05) is 38.3 Å². The minimum atomic E-state index is -1.25. The molecule has 0 unspecified atom stereocenters. The van der Waals surface area contributed by atoms with Gasteiger partial charge in [-0.05, 0) is 45.8 Å². The van der Waals surface area contributed by atoms with E-state index < -0.39 is 8.07 Å². The zero-order valence-electron chi connectivity index (χ0n) is 23.8. The second-order valence-electron chi connectivity index (χ2n) is 10.7. The Labute approximate surface area is 262 Å². The summed E-state index contributed by atoms with van der Waals surface area (Å²) in [6, 6.07) is 46.0. The van der Waals surface area contributed by atoms with Crippen LogP contribution in [-0.2, 0) is 20.1 Å². The Balaban J connectivity index is 0.000000243. The van der Waals surface area contributed by atoms with Gasteiger partial charge in [0.1, 0.15) is 0 Å². The first-order chi connectivity index (χ1) is 19.9. The number of hydrogen-bond acceptors (Lipinski definition) is 2. The monoisotopic (exact) mass is 743 g/mol. The van der Waals surface area contributed by atoms with Gasteiger partial charge >= 0.3 is 0 Å². The van der Waals surface area contributed by atoms with Crippen LogP contribution in [0.3, 0.4) is 0 Å². The molecule has 0 saturated carbocycles. The summed E-state index contributed by atoms with van der Waals surface area (Å²) in [5.74, 6) is -0.278. The number of benzene rings is 4. The van der Waals surface area contributed by atoms with Crippen molar-refractivity contribution in [2.24, 2.45) is 0 Å². The third-order valence-electron chi connectivity index (χ3n) is 6.76. The summed E-state index contributed by atoms with van der Waals surface area (Å²) in [5, 5.41) is 1.50. The van der Waals surface area contributed by atoms with Gasteiger partial charge in [-0.15, -0.1) is 65.7 Å². The van der Waals surface area contributed by atoms with Crippen molar-refractivity contribution in [3.8, 4) is 44.8 Å². The number of halogens is 1. The molecule has 0 aliphatic rings. The van der Waals surface area contributed by atoms with Crippen LogP contribution < -0.4 is 5.19 Å². The van der Waals surface area contributed by atoms with Crippen LogP contribution in [0.5, 0.6) is 0 Å². The maximum absolute atomic E-state index is 12.6. The molecule has 0 spiro atoms. The van der Waals surface area contributed by atoms with E-state index in [-0.39, 0.29) is 25.9 Å². The summed E-state index contributed by atoms with van der Waals surface area (Å²) in [6.07, 6.45) is 3.57. The van der Waals surface area contributed by atoms with Crippen LogP contribution in [0.15, 0.2) is 134 Å². The predicted molar refractivity (Wildman–Crippen MR) is 171 cm³/mol. The standard InChI is InChI=1S/C26H24NSi.C11H7FN.Ir/c1-28(2,3)25-15-13-21(14-16-25)20-9-11-22(12-10-20)24-17-18-27-26(19-24)23-7-5-4-6-8-23;12-10-6-4-9(5-7-10)11-3-1-2-8-13-11;/h4-7,9-19H,1-3H3;1-4,6-8H;/q2*-1;. The molecule has 1 radical (unpaired) electrons. The van der Waals surface area contributed by atoms with Gasteiger partial charge in [0.2, 0.25) is 0 Å². The van der Waals surface area contributed by atoms with Gasteiger partial charge in [-0.1, -0.05) is 91.6 Å². The van der Waals surface area contributed by atoms with Crippen molar-refractivity contribution < 1.29 is 24.5 Å². The van der Waals surface area contributed by atoms with E-state index in [1.54, 1.807) is 12.3 Å². The third-order valence-corrected chi connectivity index (χ3v) is 8.83. The van der Waals surface area contributed by atoms with Crippen molar-refractivity contribution in [1.29, 1.82) is 0 Å². The van der Waals surface area contributed by atoms with E-state index in [4.69, 9.17) is 0 Å². The van der Waals surface area contributed by atoms with Crippen LogP contribution in [0.2, 0.25) is 19.6 Å². The zero-order valence-corrected chi connectivity index (χ0v) is 27.2. The van der Waals surface area contributed by atoms with E-state index in [1.807, 2.05) is 48.7 Å². The van der Waals surface area contributed by atoms with Crippen LogP contribution in [0.4, 0.5) is 4.39 Å². The molecule has 0 atom stereocenters. The van der Waals surface area contributed by atoms with Crippen molar-refractivity contribution in [3.05, 3.63) is 152 Å². The molecule has 2 heterocycles. The van der Waals surface area contributed by atoms with Crippen LogP contribution in [-0.4, -0.2) is 18.0 Å². The molecule has 211 valence electrons. The molecule has 0 fully saturated rings.